The molecule has 1 amide bonds. The normalized spacial score (nSPS) is 32.0. The number of Topliss-reactive ketones (excluding diaryl/α,β-unsaturated/α-hetero) is 1. The Morgan fingerprint density at radius 1 is 0.870 bits per heavy atom. The highest BCUT2D eigenvalue weighted by Gasteiger charge is 2.45. The highest BCUT2D eigenvalue weighted by atomic mass is 16.6. The number of hydrogen-bond donors (Lipinski definition) is 0. The maximum Gasteiger partial charge on any atom is 0.410 e. The zero-order valence-corrected chi connectivity index (χ0v) is 14.8. The molecule has 3 rings (SSSR count). The predicted molar refractivity (Wildman–Crippen MR) is 89.2 cm³/mol. The predicted octanol–water partition coefficient (Wildman–Crippen LogP) is 4.31. The second-order valence-electron chi connectivity index (χ2n) is 8.68. The van der Waals surface area contributed by atoms with Crippen molar-refractivity contribution in [1.82, 2.24) is 4.90 Å². The van der Waals surface area contributed by atoms with Crippen LogP contribution in [0.4, 0.5) is 4.79 Å². The Labute approximate surface area is 139 Å². The molecule has 0 aromatic heterocycles. The van der Waals surface area contributed by atoms with Crippen LogP contribution in [-0.2, 0) is 9.53 Å². The first kappa shape index (κ1) is 16.8. The Hall–Kier alpha value is -1.06. The van der Waals surface area contributed by atoms with Crippen LogP contribution in [0.25, 0.3) is 0 Å². The zero-order valence-electron chi connectivity index (χ0n) is 14.8. The van der Waals surface area contributed by atoms with Crippen LogP contribution < -0.4 is 0 Å². The molecule has 1 aliphatic carbocycles. The summed E-state index contributed by atoms with van der Waals surface area (Å²) in [5.41, 5.74) is -0.456. The van der Waals surface area contributed by atoms with Crippen molar-refractivity contribution < 1.29 is 14.3 Å². The lowest BCUT2D eigenvalue weighted by Crippen LogP contribution is -2.57. The van der Waals surface area contributed by atoms with Crippen molar-refractivity contribution in [3.63, 3.8) is 0 Å². The number of piperidine rings is 2. The summed E-state index contributed by atoms with van der Waals surface area (Å²) in [4.78, 5) is 27.3. The first-order valence-corrected chi connectivity index (χ1v) is 9.40. The van der Waals surface area contributed by atoms with Crippen LogP contribution in [0.2, 0.25) is 0 Å². The molecule has 0 spiro atoms. The minimum atomic E-state index is -0.456. The third-order valence-electron chi connectivity index (χ3n) is 5.74. The molecule has 0 aromatic carbocycles. The molecule has 1 saturated carbocycles. The van der Waals surface area contributed by atoms with Crippen LogP contribution in [0.1, 0.15) is 78.6 Å². The summed E-state index contributed by atoms with van der Waals surface area (Å²) >= 11 is 0. The van der Waals surface area contributed by atoms with E-state index in [1.807, 2.05) is 25.7 Å². The molecule has 2 bridgehead atoms. The van der Waals surface area contributed by atoms with E-state index in [-0.39, 0.29) is 24.1 Å². The number of carbonyl (C=O) groups is 2. The summed E-state index contributed by atoms with van der Waals surface area (Å²) in [7, 11) is 0. The molecule has 2 saturated heterocycles. The molecule has 0 radical (unpaired) electrons. The van der Waals surface area contributed by atoms with Crippen molar-refractivity contribution in [3.8, 4) is 0 Å². The van der Waals surface area contributed by atoms with Gasteiger partial charge in [-0.05, 0) is 65.7 Å². The van der Waals surface area contributed by atoms with Crippen molar-refractivity contribution in [2.45, 2.75) is 96.2 Å². The summed E-state index contributed by atoms with van der Waals surface area (Å²) < 4.78 is 5.61. The van der Waals surface area contributed by atoms with Crippen molar-refractivity contribution in [1.29, 1.82) is 0 Å². The highest BCUT2D eigenvalue weighted by molar-refractivity contribution is 5.84. The van der Waals surface area contributed by atoms with Crippen LogP contribution >= 0.6 is 0 Å². The monoisotopic (exact) mass is 321 g/mol. The molecule has 4 nitrogen and oxygen atoms in total. The Balaban J connectivity index is 1.68. The molecule has 0 aromatic rings. The van der Waals surface area contributed by atoms with E-state index < -0.39 is 5.60 Å². The van der Waals surface area contributed by atoms with Crippen LogP contribution in [-0.4, -0.2) is 34.5 Å². The number of ketones is 1. The first-order chi connectivity index (χ1) is 10.8. The highest BCUT2D eigenvalue weighted by Crippen LogP contribution is 2.40. The van der Waals surface area contributed by atoms with Gasteiger partial charge in [0.25, 0.3) is 0 Å². The SMILES string of the molecule is CC(C)(C)OC(=O)N1C2CCCC1CC(C(=O)C1CCCC1)C2. The van der Waals surface area contributed by atoms with Gasteiger partial charge in [0.05, 0.1) is 0 Å². The molecule has 2 aliphatic heterocycles. The van der Waals surface area contributed by atoms with Gasteiger partial charge < -0.3 is 9.64 Å². The van der Waals surface area contributed by atoms with Crippen molar-refractivity contribution in [3.05, 3.63) is 0 Å². The molecule has 130 valence electrons. The van der Waals surface area contributed by atoms with Gasteiger partial charge in [-0.15, -0.1) is 0 Å². The molecule has 4 heteroatoms. The van der Waals surface area contributed by atoms with Gasteiger partial charge in [-0.3, -0.25) is 4.79 Å². The van der Waals surface area contributed by atoms with Crippen LogP contribution in [0.5, 0.6) is 0 Å². The lowest BCUT2D eigenvalue weighted by molar-refractivity contribution is -0.130. The van der Waals surface area contributed by atoms with E-state index in [4.69, 9.17) is 4.74 Å². The fourth-order valence-corrected chi connectivity index (χ4v) is 4.77. The smallest absolute Gasteiger partial charge is 0.410 e. The average molecular weight is 321 g/mol. The second kappa shape index (κ2) is 6.45. The molecule has 0 N–H and O–H groups in total. The maximum absolute atomic E-state index is 12.8. The van der Waals surface area contributed by atoms with Gasteiger partial charge in [-0.2, -0.15) is 0 Å². The lowest BCUT2D eigenvalue weighted by atomic mass is 9.74. The van der Waals surface area contributed by atoms with Crippen LogP contribution in [0.15, 0.2) is 0 Å². The van der Waals surface area contributed by atoms with Crippen LogP contribution in [0, 0.1) is 11.8 Å². The van der Waals surface area contributed by atoms with Gasteiger partial charge in [0, 0.05) is 23.9 Å². The molecule has 2 heterocycles. The van der Waals surface area contributed by atoms with Crippen molar-refractivity contribution in [2.75, 3.05) is 0 Å². The number of hydrogen-bond acceptors (Lipinski definition) is 3. The maximum atomic E-state index is 12.8. The van der Waals surface area contributed by atoms with Gasteiger partial charge in [0.2, 0.25) is 0 Å². The number of rotatable bonds is 2. The molecular weight excluding hydrogens is 290 g/mol. The van der Waals surface area contributed by atoms with Gasteiger partial charge in [-0.25, -0.2) is 4.79 Å². The standard InChI is InChI=1S/C19H31NO3/c1-19(2,3)23-18(22)20-15-9-6-10-16(20)12-14(11-15)17(21)13-7-4-5-8-13/h13-16H,4-12H2,1-3H3. The Kier molecular flexibility index (Phi) is 4.70. The number of carbonyl (C=O) groups excluding carboxylic acids is 2. The second-order valence-corrected chi connectivity index (χ2v) is 8.68. The molecule has 2 unspecified atom stereocenters. The third kappa shape index (κ3) is 3.72. The van der Waals surface area contributed by atoms with Gasteiger partial charge >= 0.3 is 6.09 Å². The van der Waals surface area contributed by atoms with E-state index in [0.29, 0.717) is 11.7 Å². The number of amides is 1. The van der Waals surface area contributed by atoms with E-state index >= 15 is 0 Å². The van der Waals surface area contributed by atoms with E-state index in [0.717, 1.165) is 38.5 Å². The van der Waals surface area contributed by atoms with E-state index in [1.54, 1.807) is 0 Å². The molecule has 3 aliphatic rings. The van der Waals surface area contributed by atoms with Gasteiger partial charge in [0.1, 0.15) is 11.4 Å². The summed E-state index contributed by atoms with van der Waals surface area (Å²) in [6.07, 6.45) is 9.31. The molecule has 3 fully saturated rings. The van der Waals surface area contributed by atoms with Gasteiger partial charge in [0.15, 0.2) is 0 Å². The minimum absolute atomic E-state index is 0.173. The van der Waals surface area contributed by atoms with Crippen LogP contribution in [0.3, 0.4) is 0 Å². The number of ether oxygens (including phenoxy) is 1. The average Bonchev–Trinajstić information content (AvgIpc) is 2.97. The lowest BCUT2D eigenvalue weighted by Gasteiger charge is -2.48. The Morgan fingerprint density at radius 3 is 1.96 bits per heavy atom. The zero-order chi connectivity index (χ0) is 16.6. The fourth-order valence-electron chi connectivity index (χ4n) is 4.77. The molecule has 23 heavy (non-hydrogen) atoms. The summed E-state index contributed by atoms with van der Waals surface area (Å²) in [6, 6.07) is 0.403. The number of nitrogens with zero attached hydrogens (tertiary/aromatic N) is 1. The fraction of sp³-hybridized carbons (Fsp3) is 0.895. The van der Waals surface area contributed by atoms with Crippen molar-refractivity contribution in [2.24, 2.45) is 11.8 Å². The minimum Gasteiger partial charge on any atom is -0.444 e. The van der Waals surface area contributed by atoms with E-state index in [1.165, 1.54) is 19.3 Å². The quantitative estimate of drug-likeness (QED) is 0.761. The Bertz CT molecular complexity index is 448. The van der Waals surface area contributed by atoms with Gasteiger partial charge in [-0.1, -0.05) is 12.8 Å². The molecular formula is C19H31NO3. The van der Waals surface area contributed by atoms with E-state index in [2.05, 4.69) is 0 Å². The summed E-state index contributed by atoms with van der Waals surface area (Å²) in [5, 5.41) is 0. The van der Waals surface area contributed by atoms with E-state index in [9.17, 15) is 9.59 Å². The largest absolute Gasteiger partial charge is 0.444 e. The molecule has 2 atom stereocenters. The third-order valence-corrected chi connectivity index (χ3v) is 5.74. The topological polar surface area (TPSA) is 46.6 Å². The van der Waals surface area contributed by atoms with Crippen molar-refractivity contribution >= 4 is 11.9 Å². The number of fused-ring (bicyclic) bond motifs is 2. The first-order valence-electron chi connectivity index (χ1n) is 9.40. The summed E-state index contributed by atoms with van der Waals surface area (Å²) in [6.45, 7) is 5.74. The Morgan fingerprint density at radius 2 is 1.43 bits per heavy atom. The summed E-state index contributed by atoms with van der Waals surface area (Å²) in [5.74, 6) is 0.962.